The molecule has 0 unspecified atom stereocenters. The molecule has 2 saturated heterocycles. The molecule has 0 saturated carbocycles. The lowest BCUT2D eigenvalue weighted by Crippen LogP contribution is -2.46. The van der Waals surface area contributed by atoms with Crippen LogP contribution in [0.5, 0.6) is 0 Å². The van der Waals surface area contributed by atoms with E-state index in [9.17, 15) is 4.79 Å². The molecule has 3 heterocycles. The van der Waals surface area contributed by atoms with Crippen molar-refractivity contribution in [1.82, 2.24) is 20.1 Å². The van der Waals surface area contributed by atoms with Gasteiger partial charge in [-0.2, -0.15) is 5.10 Å². The maximum absolute atomic E-state index is 11.7. The summed E-state index contributed by atoms with van der Waals surface area (Å²) in [6.45, 7) is 6.61. The largest absolute Gasteiger partial charge is 0.464 e. The van der Waals surface area contributed by atoms with Crippen LogP contribution >= 0.6 is 0 Å². The van der Waals surface area contributed by atoms with Crippen LogP contribution in [-0.4, -0.2) is 58.4 Å². The maximum Gasteiger partial charge on any atom is 0.323 e. The molecule has 0 radical (unpaired) electrons. The molecule has 1 aromatic heterocycles. The minimum Gasteiger partial charge on any atom is -0.464 e. The van der Waals surface area contributed by atoms with Crippen LogP contribution in [0.15, 0.2) is 0 Å². The first-order valence-corrected chi connectivity index (χ1v) is 7.09. The Labute approximate surface area is 117 Å². The van der Waals surface area contributed by atoms with Crippen LogP contribution in [0.4, 0.5) is 0 Å². The Bertz CT molecular complexity index is 488. The smallest absolute Gasteiger partial charge is 0.323 e. The number of morpholine rings is 1. The molecule has 20 heavy (non-hydrogen) atoms. The fourth-order valence-corrected chi connectivity index (χ4v) is 2.62. The number of hydrogen-bond acceptors (Lipinski definition) is 6. The van der Waals surface area contributed by atoms with E-state index in [2.05, 4.69) is 33.9 Å². The third kappa shape index (κ3) is 2.55. The standard InChI is InChI=1S/C13H20N4O3/c1-8(2)11-14-12(16-15-11)10-7-17(4-6-19-10)9-3-5-20-13(9)18/h8-10H,3-7H2,1-2H3,(H,14,15,16)/t9-,10-/m1/s1. The molecule has 0 spiro atoms. The van der Waals surface area contributed by atoms with Crippen molar-refractivity contribution in [2.45, 2.75) is 38.3 Å². The Morgan fingerprint density at radius 3 is 2.90 bits per heavy atom. The number of H-pyrrole nitrogens is 1. The molecule has 7 heteroatoms. The predicted molar refractivity (Wildman–Crippen MR) is 70.1 cm³/mol. The van der Waals surface area contributed by atoms with E-state index in [0.29, 0.717) is 19.8 Å². The summed E-state index contributed by atoms with van der Waals surface area (Å²) in [7, 11) is 0. The molecular weight excluding hydrogens is 260 g/mol. The van der Waals surface area contributed by atoms with Gasteiger partial charge in [0.1, 0.15) is 12.1 Å². The Balaban J connectivity index is 1.69. The quantitative estimate of drug-likeness (QED) is 0.817. The molecule has 0 amide bonds. The van der Waals surface area contributed by atoms with Crippen LogP contribution in [0.25, 0.3) is 0 Å². The van der Waals surface area contributed by atoms with Gasteiger partial charge < -0.3 is 9.47 Å². The second-order valence-electron chi connectivity index (χ2n) is 5.56. The summed E-state index contributed by atoms with van der Waals surface area (Å²) < 4.78 is 10.8. The van der Waals surface area contributed by atoms with Crippen LogP contribution in [0.3, 0.4) is 0 Å². The summed E-state index contributed by atoms with van der Waals surface area (Å²) in [5, 5.41) is 7.15. The number of hydrogen-bond donors (Lipinski definition) is 1. The van der Waals surface area contributed by atoms with E-state index in [0.717, 1.165) is 24.6 Å². The van der Waals surface area contributed by atoms with Gasteiger partial charge in [-0.25, -0.2) is 4.98 Å². The van der Waals surface area contributed by atoms with Crippen molar-refractivity contribution < 1.29 is 14.3 Å². The Hall–Kier alpha value is -1.47. The van der Waals surface area contributed by atoms with Gasteiger partial charge >= 0.3 is 5.97 Å². The Morgan fingerprint density at radius 2 is 2.25 bits per heavy atom. The number of carbonyl (C=O) groups is 1. The van der Waals surface area contributed by atoms with Crippen LogP contribution in [0, 0.1) is 0 Å². The highest BCUT2D eigenvalue weighted by Gasteiger charge is 2.36. The minimum atomic E-state index is -0.155. The van der Waals surface area contributed by atoms with Crippen LogP contribution in [0.2, 0.25) is 0 Å². The molecule has 1 N–H and O–H groups in total. The molecule has 7 nitrogen and oxygen atoms in total. The zero-order chi connectivity index (χ0) is 14.1. The summed E-state index contributed by atoms with van der Waals surface area (Å²) in [4.78, 5) is 18.3. The topological polar surface area (TPSA) is 80.3 Å². The van der Waals surface area contributed by atoms with Gasteiger partial charge in [-0.3, -0.25) is 14.8 Å². The van der Waals surface area contributed by atoms with Crippen molar-refractivity contribution in [3.63, 3.8) is 0 Å². The molecule has 2 aliphatic rings. The third-order valence-electron chi connectivity index (χ3n) is 3.79. The predicted octanol–water partition coefficient (Wildman–Crippen LogP) is 0.617. The first-order chi connectivity index (χ1) is 9.65. The molecule has 0 aromatic carbocycles. The van der Waals surface area contributed by atoms with Crippen molar-refractivity contribution in [2.75, 3.05) is 26.3 Å². The number of aromatic amines is 1. The average Bonchev–Trinajstić information content (AvgIpc) is 3.07. The van der Waals surface area contributed by atoms with Crippen molar-refractivity contribution in [3.05, 3.63) is 11.6 Å². The summed E-state index contributed by atoms with van der Waals surface area (Å²) >= 11 is 0. The zero-order valence-electron chi connectivity index (χ0n) is 11.8. The number of nitrogens with one attached hydrogen (secondary N) is 1. The zero-order valence-corrected chi connectivity index (χ0v) is 11.8. The maximum atomic E-state index is 11.7. The van der Waals surface area contributed by atoms with E-state index in [1.54, 1.807) is 0 Å². The molecule has 1 aromatic rings. The number of esters is 1. The summed E-state index contributed by atoms with van der Waals surface area (Å²) in [5.41, 5.74) is 0. The average molecular weight is 280 g/mol. The highest BCUT2D eigenvalue weighted by molar-refractivity contribution is 5.77. The van der Waals surface area contributed by atoms with E-state index < -0.39 is 0 Å². The normalized spacial score (nSPS) is 28.1. The van der Waals surface area contributed by atoms with E-state index in [-0.39, 0.29) is 24.0 Å². The van der Waals surface area contributed by atoms with Crippen LogP contribution in [-0.2, 0) is 14.3 Å². The summed E-state index contributed by atoms with van der Waals surface area (Å²) in [6, 6.07) is -0.131. The third-order valence-corrected chi connectivity index (χ3v) is 3.79. The van der Waals surface area contributed by atoms with Gasteiger partial charge in [0.15, 0.2) is 11.6 Å². The molecule has 0 aliphatic carbocycles. The van der Waals surface area contributed by atoms with Gasteiger partial charge in [0, 0.05) is 25.4 Å². The van der Waals surface area contributed by atoms with Crippen LogP contribution in [0.1, 0.15) is 43.9 Å². The molecule has 0 bridgehead atoms. The monoisotopic (exact) mass is 280 g/mol. The molecule has 2 fully saturated rings. The number of aromatic nitrogens is 3. The molecule has 3 rings (SSSR count). The lowest BCUT2D eigenvalue weighted by atomic mass is 10.1. The van der Waals surface area contributed by atoms with Crippen molar-refractivity contribution in [2.24, 2.45) is 0 Å². The first kappa shape index (κ1) is 13.5. The number of nitrogens with zero attached hydrogens (tertiary/aromatic N) is 3. The van der Waals surface area contributed by atoms with E-state index in [4.69, 9.17) is 9.47 Å². The Kier molecular flexibility index (Phi) is 3.71. The first-order valence-electron chi connectivity index (χ1n) is 7.09. The number of carbonyl (C=O) groups excluding carboxylic acids is 1. The molecule has 2 atom stereocenters. The fourth-order valence-electron chi connectivity index (χ4n) is 2.62. The fraction of sp³-hybridized carbons (Fsp3) is 0.769. The van der Waals surface area contributed by atoms with E-state index >= 15 is 0 Å². The second-order valence-corrected chi connectivity index (χ2v) is 5.56. The lowest BCUT2D eigenvalue weighted by molar-refractivity contribution is -0.144. The highest BCUT2D eigenvalue weighted by Crippen LogP contribution is 2.24. The summed E-state index contributed by atoms with van der Waals surface area (Å²) in [6.07, 6.45) is 0.608. The van der Waals surface area contributed by atoms with Gasteiger partial charge in [-0.05, 0) is 0 Å². The second kappa shape index (κ2) is 5.49. The van der Waals surface area contributed by atoms with Gasteiger partial charge in [0.25, 0.3) is 0 Å². The molecular formula is C13H20N4O3. The van der Waals surface area contributed by atoms with Crippen molar-refractivity contribution >= 4 is 5.97 Å². The number of ether oxygens (including phenoxy) is 2. The van der Waals surface area contributed by atoms with Crippen molar-refractivity contribution in [1.29, 1.82) is 0 Å². The van der Waals surface area contributed by atoms with Crippen molar-refractivity contribution in [3.8, 4) is 0 Å². The van der Waals surface area contributed by atoms with Gasteiger partial charge in [0.05, 0.1) is 13.2 Å². The number of cyclic esters (lactones) is 1. The van der Waals surface area contributed by atoms with Gasteiger partial charge in [-0.1, -0.05) is 13.8 Å². The van der Waals surface area contributed by atoms with Gasteiger partial charge in [0.2, 0.25) is 0 Å². The number of rotatable bonds is 3. The molecule has 2 aliphatic heterocycles. The molecule has 110 valence electrons. The Morgan fingerprint density at radius 1 is 1.40 bits per heavy atom. The van der Waals surface area contributed by atoms with Gasteiger partial charge in [-0.15, -0.1) is 0 Å². The van der Waals surface area contributed by atoms with E-state index in [1.807, 2.05) is 0 Å². The highest BCUT2D eigenvalue weighted by atomic mass is 16.5. The lowest BCUT2D eigenvalue weighted by Gasteiger charge is -2.34. The van der Waals surface area contributed by atoms with E-state index in [1.165, 1.54) is 0 Å². The minimum absolute atomic E-state index is 0.119. The summed E-state index contributed by atoms with van der Waals surface area (Å²) in [5.74, 6) is 1.70. The van der Waals surface area contributed by atoms with Crippen LogP contribution < -0.4 is 0 Å². The SMILES string of the molecule is CC(C)c1n[nH]c([C@H]2CN([C@@H]3CCOC3=O)CCO2)n1.